The molecule has 0 fully saturated rings. The standard InChI is InChI=1S/C9H15N3O2/c1-3-14-9-6-8(10-4-5-13)11-7(2)12-9/h6,13H,3-5H2,1-2H3,(H,10,11,12). The van der Waals surface area contributed by atoms with Gasteiger partial charge in [-0.25, -0.2) is 4.98 Å². The zero-order chi connectivity index (χ0) is 10.4. The number of rotatable bonds is 5. The van der Waals surface area contributed by atoms with Crippen molar-refractivity contribution in [2.75, 3.05) is 25.1 Å². The van der Waals surface area contributed by atoms with E-state index < -0.39 is 0 Å². The van der Waals surface area contributed by atoms with Crippen molar-refractivity contribution in [3.05, 3.63) is 11.9 Å². The van der Waals surface area contributed by atoms with Crippen LogP contribution in [-0.4, -0.2) is 34.8 Å². The Balaban J connectivity index is 2.73. The summed E-state index contributed by atoms with van der Waals surface area (Å²) in [6.07, 6.45) is 0. The van der Waals surface area contributed by atoms with Gasteiger partial charge in [0.05, 0.1) is 13.2 Å². The quantitative estimate of drug-likeness (QED) is 0.723. The van der Waals surface area contributed by atoms with Gasteiger partial charge >= 0.3 is 0 Å². The van der Waals surface area contributed by atoms with Crippen LogP contribution in [0.4, 0.5) is 5.82 Å². The van der Waals surface area contributed by atoms with E-state index in [4.69, 9.17) is 9.84 Å². The van der Waals surface area contributed by atoms with Crippen LogP contribution >= 0.6 is 0 Å². The molecule has 0 unspecified atom stereocenters. The molecule has 0 spiro atoms. The van der Waals surface area contributed by atoms with E-state index in [1.807, 2.05) is 6.92 Å². The maximum absolute atomic E-state index is 8.63. The number of hydrogen-bond donors (Lipinski definition) is 2. The summed E-state index contributed by atoms with van der Waals surface area (Å²) in [5.74, 6) is 1.88. The van der Waals surface area contributed by atoms with Gasteiger partial charge in [-0.15, -0.1) is 0 Å². The largest absolute Gasteiger partial charge is 0.478 e. The van der Waals surface area contributed by atoms with E-state index >= 15 is 0 Å². The van der Waals surface area contributed by atoms with E-state index in [0.29, 0.717) is 30.7 Å². The van der Waals surface area contributed by atoms with Gasteiger partial charge in [0.25, 0.3) is 0 Å². The summed E-state index contributed by atoms with van der Waals surface area (Å²) >= 11 is 0. The first-order valence-corrected chi connectivity index (χ1v) is 4.59. The molecule has 5 heteroatoms. The van der Waals surface area contributed by atoms with Crippen LogP contribution in [0.5, 0.6) is 5.88 Å². The molecule has 1 aromatic heterocycles. The van der Waals surface area contributed by atoms with E-state index in [9.17, 15) is 0 Å². The molecule has 0 amide bonds. The summed E-state index contributed by atoms with van der Waals surface area (Å²) < 4.78 is 5.25. The second-order valence-corrected chi connectivity index (χ2v) is 2.72. The van der Waals surface area contributed by atoms with E-state index in [0.717, 1.165) is 0 Å². The molecule has 0 aliphatic rings. The van der Waals surface area contributed by atoms with Gasteiger partial charge in [0.1, 0.15) is 11.6 Å². The number of hydrogen-bond acceptors (Lipinski definition) is 5. The van der Waals surface area contributed by atoms with Crippen LogP contribution in [-0.2, 0) is 0 Å². The maximum Gasteiger partial charge on any atom is 0.218 e. The van der Waals surface area contributed by atoms with Crippen molar-refractivity contribution in [2.24, 2.45) is 0 Å². The first kappa shape index (κ1) is 10.7. The third-order valence-corrected chi connectivity index (χ3v) is 1.52. The Morgan fingerprint density at radius 1 is 1.50 bits per heavy atom. The highest BCUT2D eigenvalue weighted by Gasteiger charge is 2.01. The van der Waals surface area contributed by atoms with E-state index in [2.05, 4.69) is 15.3 Å². The van der Waals surface area contributed by atoms with Crippen LogP contribution in [0.2, 0.25) is 0 Å². The summed E-state index contributed by atoms with van der Waals surface area (Å²) in [6.45, 7) is 4.83. The number of nitrogens with one attached hydrogen (secondary N) is 1. The second kappa shape index (κ2) is 5.39. The van der Waals surface area contributed by atoms with Gasteiger partial charge in [0.15, 0.2) is 0 Å². The Morgan fingerprint density at radius 3 is 2.93 bits per heavy atom. The molecule has 0 aromatic carbocycles. The Kier molecular flexibility index (Phi) is 4.12. The lowest BCUT2D eigenvalue weighted by Gasteiger charge is -2.07. The molecule has 1 heterocycles. The molecule has 2 N–H and O–H groups in total. The number of nitrogens with zero attached hydrogens (tertiary/aromatic N) is 2. The number of anilines is 1. The second-order valence-electron chi connectivity index (χ2n) is 2.72. The molecule has 14 heavy (non-hydrogen) atoms. The molecule has 1 rings (SSSR count). The van der Waals surface area contributed by atoms with Gasteiger partial charge in [-0.3, -0.25) is 0 Å². The first-order valence-electron chi connectivity index (χ1n) is 4.59. The molecule has 0 aliphatic carbocycles. The average molecular weight is 197 g/mol. The van der Waals surface area contributed by atoms with Crippen molar-refractivity contribution >= 4 is 5.82 Å². The Hall–Kier alpha value is -1.36. The van der Waals surface area contributed by atoms with Crippen LogP contribution < -0.4 is 10.1 Å². The molecular formula is C9H15N3O2. The molecule has 1 aromatic rings. The fourth-order valence-electron chi connectivity index (χ4n) is 1.04. The van der Waals surface area contributed by atoms with Crippen molar-refractivity contribution in [3.63, 3.8) is 0 Å². The van der Waals surface area contributed by atoms with Crippen LogP contribution in [0, 0.1) is 6.92 Å². The SMILES string of the molecule is CCOc1cc(NCCO)nc(C)n1. The normalized spacial score (nSPS) is 9.93. The number of aliphatic hydroxyl groups excluding tert-OH is 1. The number of aliphatic hydroxyl groups is 1. The van der Waals surface area contributed by atoms with Gasteiger partial charge in [-0.2, -0.15) is 4.98 Å². The molecule has 0 radical (unpaired) electrons. The summed E-state index contributed by atoms with van der Waals surface area (Å²) in [6, 6.07) is 1.71. The predicted octanol–water partition coefficient (Wildman–Crippen LogP) is 0.588. The molecule has 0 saturated heterocycles. The van der Waals surface area contributed by atoms with Crippen molar-refractivity contribution in [2.45, 2.75) is 13.8 Å². The number of ether oxygens (including phenoxy) is 1. The van der Waals surface area contributed by atoms with Crippen molar-refractivity contribution < 1.29 is 9.84 Å². The number of aromatic nitrogens is 2. The van der Waals surface area contributed by atoms with E-state index in [-0.39, 0.29) is 6.61 Å². The molecule has 0 bridgehead atoms. The highest BCUT2D eigenvalue weighted by atomic mass is 16.5. The minimum Gasteiger partial charge on any atom is -0.478 e. The van der Waals surface area contributed by atoms with Crippen molar-refractivity contribution in [1.29, 1.82) is 0 Å². The molecule has 5 nitrogen and oxygen atoms in total. The third-order valence-electron chi connectivity index (χ3n) is 1.52. The third kappa shape index (κ3) is 3.18. The topological polar surface area (TPSA) is 67.3 Å². The monoisotopic (exact) mass is 197 g/mol. The van der Waals surface area contributed by atoms with Gasteiger partial charge in [-0.05, 0) is 13.8 Å². The van der Waals surface area contributed by atoms with Gasteiger partial charge in [0.2, 0.25) is 5.88 Å². The van der Waals surface area contributed by atoms with Gasteiger partial charge in [-0.1, -0.05) is 0 Å². The summed E-state index contributed by atoms with van der Waals surface area (Å²) in [5.41, 5.74) is 0. The first-order chi connectivity index (χ1) is 6.76. The van der Waals surface area contributed by atoms with Crippen LogP contribution in [0.15, 0.2) is 6.07 Å². The van der Waals surface area contributed by atoms with Gasteiger partial charge in [0, 0.05) is 12.6 Å². The zero-order valence-corrected chi connectivity index (χ0v) is 8.45. The fraction of sp³-hybridized carbons (Fsp3) is 0.556. The summed E-state index contributed by atoms with van der Waals surface area (Å²) in [4.78, 5) is 8.24. The summed E-state index contributed by atoms with van der Waals surface area (Å²) in [7, 11) is 0. The minimum atomic E-state index is 0.0764. The van der Waals surface area contributed by atoms with Crippen molar-refractivity contribution in [3.8, 4) is 5.88 Å². The van der Waals surface area contributed by atoms with Crippen LogP contribution in [0.25, 0.3) is 0 Å². The fourth-order valence-corrected chi connectivity index (χ4v) is 1.04. The van der Waals surface area contributed by atoms with E-state index in [1.165, 1.54) is 0 Å². The minimum absolute atomic E-state index is 0.0764. The highest BCUT2D eigenvalue weighted by Crippen LogP contribution is 2.12. The maximum atomic E-state index is 8.63. The lowest BCUT2D eigenvalue weighted by Crippen LogP contribution is -2.08. The van der Waals surface area contributed by atoms with Crippen LogP contribution in [0.3, 0.4) is 0 Å². The lowest BCUT2D eigenvalue weighted by atomic mass is 10.5. The van der Waals surface area contributed by atoms with E-state index in [1.54, 1.807) is 13.0 Å². The molecule has 0 saturated carbocycles. The lowest BCUT2D eigenvalue weighted by molar-refractivity contribution is 0.310. The Labute approximate surface area is 83.2 Å². The van der Waals surface area contributed by atoms with Gasteiger partial charge < -0.3 is 15.2 Å². The van der Waals surface area contributed by atoms with Crippen LogP contribution in [0.1, 0.15) is 12.7 Å². The summed E-state index contributed by atoms with van der Waals surface area (Å²) in [5, 5.41) is 11.6. The van der Waals surface area contributed by atoms with Crippen molar-refractivity contribution in [1.82, 2.24) is 9.97 Å². The Bertz CT molecular complexity index is 291. The Morgan fingerprint density at radius 2 is 2.29 bits per heavy atom. The highest BCUT2D eigenvalue weighted by molar-refractivity contribution is 5.38. The molecular weight excluding hydrogens is 182 g/mol. The molecule has 0 atom stereocenters. The zero-order valence-electron chi connectivity index (χ0n) is 8.45. The predicted molar refractivity (Wildman–Crippen MR) is 53.5 cm³/mol. The average Bonchev–Trinajstić information content (AvgIpc) is 2.14. The number of aryl methyl sites for hydroxylation is 1. The smallest absolute Gasteiger partial charge is 0.218 e. The molecule has 0 aliphatic heterocycles. The molecule has 78 valence electrons.